The molecule has 3 heterocycles. The summed E-state index contributed by atoms with van der Waals surface area (Å²) in [4.78, 5) is 15.0. The normalized spacial score (nSPS) is 10.7. The first-order chi connectivity index (χ1) is 8.81. The predicted molar refractivity (Wildman–Crippen MR) is 65.4 cm³/mol. The maximum atomic E-state index is 12.9. The molecule has 0 saturated heterocycles. The van der Waals surface area contributed by atoms with E-state index in [-0.39, 0.29) is 0 Å². The standard InChI is InChI=1S/C12H10FN5/c13-10-5-8(1-3-14-10)6-16-11-7-17-12-9(18-11)2-4-15-12/h1-5,7H,6H2,(H,15,17)(H,16,18). The molecule has 0 spiro atoms. The van der Waals surface area contributed by atoms with Crippen LogP contribution in [0.15, 0.2) is 36.8 Å². The Morgan fingerprint density at radius 1 is 1.28 bits per heavy atom. The van der Waals surface area contributed by atoms with Gasteiger partial charge < -0.3 is 10.3 Å². The minimum atomic E-state index is -0.485. The van der Waals surface area contributed by atoms with Gasteiger partial charge in [0.05, 0.1) is 6.20 Å². The molecular weight excluding hydrogens is 233 g/mol. The number of nitrogens with zero attached hydrogens (tertiary/aromatic N) is 3. The van der Waals surface area contributed by atoms with Crippen LogP contribution >= 0.6 is 0 Å². The van der Waals surface area contributed by atoms with Crippen molar-refractivity contribution in [3.8, 4) is 0 Å². The van der Waals surface area contributed by atoms with E-state index < -0.39 is 5.95 Å². The van der Waals surface area contributed by atoms with Crippen LogP contribution in [0.5, 0.6) is 0 Å². The summed E-state index contributed by atoms with van der Waals surface area (Å²) in [5.41, 5.74) is 2.34. The number of nitrogens with one attached hydrogen (secondary N) is 2. The van der Waals surface area contributed by atoms with Gasteiger partial charge in [-0.2, -0.15) is 4.39 Å². The molecule has 0 aliphatic rings. The number of aromatic nitrogens is 4. The fourth-order valence-electron chi connectivity index (χ4n) is 1.66. The van der Waals surface area contributed by atoms with Gasteiger partial charge >= 0.3 is 0 Å². The number of hydrogen-bond donors (Lipinski definition) is 2. The van der Waals surface area contributed by atoms with E-state index in [9.17, 15) is 4.39 Å². The number of fused-ring (bicyclic) bond motifs is 1. The van der Waals surface area contributed by atoms with Gasteiger partial charge in [-0.3, -0.25) is 0 Å². The highest BCUT2D eigenvalue weighted by Crippen LogP contribution is 2.11. The molecule has 3 rings (SSSR count). The highest BCUT2D eigenvalue weighted by molar-refractivity contribution is 5.71. The van der Waals surface area contributed by atoms with Crippen molar-refractivity contribution < 1.29 is 4.39 Å². The van der Waals surface area contributed by atoms with E-state index in [1.165, 1.54) is 12.3 Å². The Balaban J connectivity index is 1.76. The van der Waals surface area contributed by atoms with E-state index in [0.717, 1.165) is 16.7 Å². The smallest absolute Gasteiger partial charge is 0.213 e. The maximum Gasteiger partial charge on any atom is 0.213 e. The molecule has 5 nitrogen and oxygen atoms in total. The molecule has 18 heavy (non-hydrogen) atoms. The maximum absolute atomic E-state index is 12.9. The van der Waals surface area contributed by atoms with Crippen molar-refractivity contribution in [3.63, 3.8) is 0 Å². The highest BCUT2D eigenvalue weighted by atomic mass is 19.1. The second kappa shape index (κ2) is 4.40. The topological polar surface area (TPSA) is 66.5 Å². The lowest BCUT2D eigenvalue weighted by Gasteiger charge is -2.05. The van der Waals surface area contributed by atoms with Crippen molar-refractivity contribution in [1.82, 2.24) is 19.9 Å². The van der Waals surface area contributed by atoms with E-state index in [2.05, 4.69) is 25.3 Å². The molecule has 0 bridgehead atoms. The zero-order chi connectivity index (χ0) is 12.4. The van der Waals surface area contributed by atoms with Crippen LogP contribution in [-0.2, 0) is 6.54 Å². The van der Waals surface area contributed by atoms with Crippen LogP contribution in [-0.4, -0.2) is 19.9 Å². The van der Waals surface area contributed by atoms with E-state index in [4.69, 9.17) is 0 Å². The Morgan fingerprint density at radius 2 is 2.22 bits per heavy atom. The SMILES string of the molecule is Fc1cc(CNc2cnc3[nH]ccc3n2)ccn1. The fraction of sp³-hybridized carbons (Fsp3) is 0.0833. The molecular formula is C12H10FN5. The Morgan fingerprint density at radius 3 is 3.11 bits per heavy atom. The second-order valence-electron chi connectivity index (χ2n) is 3.81. The van der Waals surface area contributed by atoms with E-state index in [1.807, 2.05) is 6.07 Å². The van der Waals surface area contributed by atoms with Crippen LogP contribution in [0, 0.1) is 5.95 Å². The van der Waals surface area contributed by atoms with Crippen LogP contribution in [0.2, 0.25) is 0 Å². The summed E-state index contributed by atoms with van der Waals surface area (Å²) in [6.07, 6.45) is 4.86. The van der Waals surface area contributed by atoms with Crippen molar-refractivity contribution in [1.29, 1.82) is 0 Å². The van der Waals surface area contributed by atoms with Gasteiger partial charge in [0.1, 0.15) is 11.3 Å². The molecule has 0 fully saturated rings. The molecule has 2 N–H and O–H groups in total. The highest BCUT2D eigenvalue weighted by Gasteiger charge is 2.01. The largest absolute Gasteiger partial charge is 0.365 e. The molecule has 0 radical (unpaired) electrons. The summed E-state index contributed by atoms with van der Waals surface area (Å²) in [6.45, 7) is 0.476. The number of H-pyrrole nitrogens is 1. The summed E-state index contributed by atoms with van der Waals surface area (Å²) in [5, 5.41) is 3.09. The number of rotatable bonds is 3. The van der Waals surface area contributed by atoms with Gasteiger partial charge in [0, 0.05) is 18.9 Å². The molecule has 0 aliphatic carbocycles. The minimum Gasteiger partial charge on any atom is -0.365 e. The Labute approximate surface area is 102 Å². The molecule has 0 unspecified atom stereocenters. The summed E-state index contributed by atoms with van der Waals surface area (Å²) in [5.74, 6) is 0.167. The van der Waals surface area contributed by atoms with Crippen molar-refractivity contribution >= 4 is 17.0 Å². The Bertz CT molecular complexity index is 679. The molecule has 0 aromatic carbocycles. The molecule has 90 valence electrons. The van der Waals surface area contributed by atoms with Gasteiger partial charge in [-0.15, -0.1) is 0 Å². The summed E-state index contributed by atoms with van der Waals surface area (Å²) >= 11 is 0. The number of aromatic amines is 1. The number of pyridine rings is 1. The summed E-state index contributed by atoms with van der Waals surface area (Å²) in [6, 6.07) is 4.98. The van der Waals surface area contributed by atoms with Gasteiger partial charge in [-0.25, -0.2) is 15.0 Å². The zero-order valence-electron chi connectivity index (χ0n) is 9.39. The third-order valence-corrected chi connectivity index (χ3v) is 2.53. The van der Waals surface area contributed by atoms with Crippen molar-refractivity contribution in [3.05, 3.63) is 48.3 Å². The lowest BCUT2D eigenvalue weighted by atomic mass is 10.3. The number of anilines is 1. The lowest BCUT2D eigenvalue weighted by Crippen LogP contribution is -2.02. The van der Waals surface area contributed by atoms with E-state index in [0.29, 0.717) is 12.4 Å². The van der Waals surface area contributed by atoms with Crippen molar-refractivity contribution in [2.24, 2.45) is 0 Å². The minimum absolute atomic E-state index is 0.476. The lowest BCUT2D eigenvalue weighted by molar-refractivity contribution is 0.581. The first kappa shape index (κ1) is 10.6. The quantitative estimate of drug-likeness (QED) is 0.691. The summed E-state index contributed by atoms with van der Waals surface area (Å²) in [7, 11) is 0. The van der Waals surface area contributed by atoms with Gasteiger partial charge in [0.2, 0.25) is 5.95 Å². The van der Waals surface area contributed by atoms with Gasteiger partial charge in [0.25, 0.3) is 0 Å². The number of halogens is 1. The van der Waals surface area contributed by atoms with Gasteiger partial charge in [-0.05, 0) is 23.8 Å². The van der Waals surface area contributed by atoms with Crippen LogP contribution in [0.3, 0.4) is 0 Å². The molecule has 0 atom stereocenters. The molecule has 0 aliphatic heterocycles. The summed E-state index contributed by atoms with van der Waals surface area (Å²) < 4.78 is 12.9. The third kappa shape index (κ3) is 2.13. The van der Waals surface area contributed by atoms with Crippen molar-refractivity contribution in [2.45, 2.75) is 6.54 Å². The Hall–Kier alpha value is -2.50. The third-order valence-electron chi connectivity index (χ3n) is 2.53. The van der Waals surface area contributed by atoms with Crippen LogP contribution in [0.4, 0.5) is 10.2 Å². The Kier molecular flexibility index (Phi) is 2.60. The molecule has 0 amide bonds. The zero-order valence-corrected chi connectivity index (χ0v) is 9.39. The first-order valence-corrected chi connectivity index (χ1v) is 5.46. The van der Waals surface area contributed by atoms with Gasteiger partial charge in [-0.1, -0.05) is 0 Å². The van der Waals surface area contributed by atoms with Crippen LogP contribution in [0.25, 0.3) is 11.2 Å². The molecule has 3 aromatic rings. The molecule has 0 saturated carbocycles. The number of hydrogen-bond acceptors (Lipinski definition) is 4. The monoisotopic (exact) mass is 243 g/mol. The first-order valence-electron chi connectivity index (χ1n) is 5.46. The second-order valence-corrected chi connectivity index (χ2v) is 3.81. The molecule has 3 aromatic heterocycles. The van der Waals surface area contributed by atoms with Crippen LogP contribution < -0.4 is 5.32 Å². The van der Waals surface area contributed by atoms with E-state index in [1.54, 1.807) is 18.5 Å². The average Bonchev–Trinajstić information content (AvgIpc) is 2.84. The van der Waals surface area contributed by atoms with Gasteiger partial charge in [0.15, 0.2) is 5.65 Å². The predicted octanol–water partition coefficient (Wildman–Crippen LogP) is 2.10. The fourth-order valence-corrected chi connectivity index (χ4v) is 1.66. The van der Waals surface area contributed by atoms with Crippen molar-refractivity contribution in [2.75, 3.05) is 5.32 Å². The average molecular weight is 243 g/mol. The van der Waals surface area contributed by atoms with E-state index >= 15 is 0 Å². The molecule has 6 heteroatoms. The van der Waals surface area contributed by atoms with Crippen LogP contribution in [0.1, 0.15) is 5.56 Å².